The molecule has 1 amide bonds. The van der Waals surface area contributed by atoms with Crippen LogP contribution in [0.5, 0.6) is 0 Å². The normalized spacial score (nSPS) is 26.1. The molecule has 86 valence electrons. The number of hydrogen-bond acceptors (Lipinski definition) is 2. The largest absolute Gasteiger partial charge is 0.342 e. The highest BCUT2D eigenvalue weighted by Gasteiger charge is 2.37. The molecule has 0 aliphatic carbocycles. The molecule has 0 spiro atoms. The van der Waals surface area contributed by atoms with E-state index in [1.54, 1.807) is 0 Å². The van der Waals surface area contributed by atoms with Crippen LogP contribution in [0.4, 0.5) is 4.39 Å². The zero-order chi connectivity index (χ0) is 10.9. The van der Waals surface area contributed by atoms with Crippen LogP contribution in [0.25, 0.3) is 0 Å². The van der Waals surface area contributed by atoms with E-state index < -0.39 is 5.67 Å². The van der Waals surface area contributed by atoms with Gasteiger partial charge >= 0.3 is 0 Å². The number of rotatable bonds is 2. The van der Waals surface area contributed by atoms with Crippen LogP contribution in [0, 0.1) is 5.92 Å². The number of carbonyl (C=O) groups is 1. The maximum absolute atomic E-state index is 13.9. The smallest absolute Gasteiger partial charge is 0.228 e. The minimum absolute atomic E-state index is 0.152. The summed E-state index contributed by atoms with van der Waals surface area (Å²) in [5.74, 6) is 0.366. The van der Waals surface area contributed by atoms with Gasteiger partial charge in [-0.2, -0.15) is 0 Å². The minimum Gasteiger partial charge on any atom is -0.342 e. The molecule has 0 saturated carbocycles. The summed E-state index contributed by atoms with van der Waals surface area (Å²) in [6.45, 7) is 4.67. The first-order valence-electron chi connectivity index (χ1n) is 5.83. The van der Waals surface area contributed by atoms with Gasteiger partial charge in [0.05, 0.1) is 5.92 Å². The summed E-state index contributed by atoms with van der Waals surface area (Å²) in [7, 11) is 0. The molecule has 2 fully saturated rings. The number of amides is 1. The molecular weight excluding hydrogens is 195 g/mol. The number of nitrogens with zero attached hydrogens (tertiary/aromatic N) is 1. The van der Waals surface area contributed by atoms with Gasteiger partial charge in [-0.05, 0) is 19.3 Å². The molecule has 2 saturated heterocycles. The zero-order valence-corrected chi connectivity index (χ0v) is 9.26. The average Bonchev–Trinajstić information content (AvgIpc) is 2.16. The van der Waals surface area contributed by atoms with Gasteiger partial charge in [-0.25, -0.2) is 4.39 Å². The fraction of sp³-hybridized carbons (Fsp3) is 0.909. The fourth-order valence-corrected chi connectivity index (χ4v) is 2.20. The Kier molecular flexibility index (Phi) is 2.96. The highest BCUT2D eigenvalue weighted by Crippen LogP contribution is 2.30. The highest BCUT2D eigenvalue weighted by atomic mass is 19.1. The van der Waals surface area contributed by atoms with Crippen LogP contribution in [0.3, 0.4) is 0 Å². The van der Waals surface area contributed by atoms with Crippen LogP contribution in [0.15, 0.2) is 0 Å². The second-order valence-corrected chi connectivity index (χ2v) is 4.68. The van der Waals surface area contributed by atoms with Crippen molar-refractivity contribution >= 4 is 5.91 Å². The van der Waals surface area contributed by atoms with Crippen molar-refractivity contribution in [2.24, 2.45) is 5.92 Å². The number of carbonyl (C=O) groups excluding carboxylic acids is 1. The average molecular weight is 214 g/mol. The number of halogens is 1. The van der Waals surface area contributed by atoms with Crippen LogP contribution in [-0.4, -0.2) is 42.7 Å². The van der Waals surface area contributed by atoms with E-state index in [4.69, 9.17) is 0 Å². The molecule has 0 unspecified atom stereocenters. The van der Waals surface area contributed by atoms with Crippen molar-refractivity contribution in [3.8, 4) is 0 Å². The van der Waals surface area contributed by atoms with Crippen molar-refractivity contribution in [3.05, 3.63) is 0 Å². The van der Waals surface area contributed by atoms with Crippen molar-refractivity contribution in [1.82, 2.24) is 10.2 Å². The number of alkyl halides is 1. The van der Waals surface area contributed by atoms with Gasteiger partial charge in [0.1, 0.15) is 5.67 Å². The lowest BCUT2D eigenvalue weighted by Gasteiger charge is -2.39. The van der Waals surface area contributed by atoms with Gasteiger partial charge in [-0.3, -0.25) is 4.79 Å². The van der Waals surface area contributed by atoms with E-state index in [2.05, 4.69) is 5.32 Å². The Bertz CT molecular complexity index is 245. The van der Waals surface area contributed by atoms with Crippen LogP contribution < -0.4 is 5.32 Å². The topological polar surface area (TPSA) is 32.3 Å². The molecule has 2 aliphatic rings. The molecule has 2 aliphatic heterocycles. The quantitative estimate of drug-likeness (QED) is 0.742. The lowest BCUT2D eigenvalue weighted by Crippen LogP contribution is -2.54. The molecule has 0 aromatic heterocycles. The Balaban J connectivity index is 1.84. The molecule has 0 aromatic rings. The predicted octanol–water partition coefficient (Wildman–Crippen LogP) is 0.946. The number of nitrogens with one attached hydrogen (secondary N) is 1. The molecule has 2 rings (SSSR count). The van der Waals surface area contributed by atoms with Crippen LogP contribution >= 0.6 is 0 Å². The first-order chi connectivity index (χ1) is 7.14. The highest BCUT2D eigenvalue weighted by molar-refractivity contribution is 5.80. The van der Waals surface area contributed by atoms with E-state index in [1.807, 2.05) is 11.8 Å². The molecule has 0 bridgehead atoms. The lowest BCUT2D eigenvalue weighted by atomic mass is 9.90. The monoisotopic (exact) mass is 214 g/mol. The molecule has 0 radical (unpaired) electrons. The summed E-state index contributed by atoms with van der Waals surface area (Å²) < 4.78 is 13.9. The standard InChI is InChI=1S/C11H19FN2O/c1-2-11(12)3-5-14(6-4-11)10(15)9-7-13-8-9/h9,13H,2-8H2,1H3. The fourth-order valence-electron chi connectivity index (χ4n) is 2.20. The molecular formula is C11H19FN2O. The second kappa shape index (κ2) is 4.08. The Hall–Kier alpha value is -0.640. The van der Waals surface area contributed by atoms with Gasteiger partial charge in [0.15, 0.2) is 0 Å². The predicted molar refractivity (Wildman–Crippen MR) is 56.3 cm³/mol. The second-order valence-electron chi connectivity index (χ2n) is 4.68. The third-order valence-corrected chi connectivity index (χ3v) is 3.74. The summed E-state index contributed by atoms with van der Waals surface area (Å²) in [6, 6.07) is 0. The summed E-state index contributed by atoms with van der Waals surface area (Å²) in [5, 5.41) is 3.09. The van der Waals surface area contributed by atoms with Crippen LogP contribution in [0.2, 0.25) is 0 Å². The Morgan fingerprint density at radius 1 is 1.47 bits per heavy atom. The van der Waals surface area contributed by atoms with Gasteiger partial charge in [-0.15, -0.1) is 0 Å². The Morgan fingerprint density at radius 3 is 2.47 bits per heavy atom. The number of hydrogen-bond donors (Lipinski definition) is 1. The van der Waals surface area contributed by atoms with Gasteiger partial charge in [0.25, 0.3) is 0 Å². The van der Waals surface area contributed by atoms with Crippen molar-refractivity contribution in [2.75, 3.05) is 26.2 Å². The number of piperidine rings is 1. The zero-order valence-electron chi connectivity index (χ0n) is 9.26. The summed E-state index contributed by atoms with van der Waals surface area (Å²) >= 11 is 0. The van der Waals surface area contributed by atoms with E-state index >= 15 is 0 Å². The molecule has 1 N–H and O–H groups in total. The van der Waals surface area contributed by atoms with Crippen molar-refractivity contribution < 1.29 is 9.18 Å². The first kappa shape index (κ1) is 10.9. The van der Waals surface area contributed by atoms with E-state index in [1.165, 1.54) is 0 Å². The molecule has 2 heterocycles. The van der Waals surface area contributed by atoms with Crippen molar-refractivity contribution in [2.45, 2.75) is 31.9 Å². The van der Waals surface area contributed by atoms with Gasteiger partial charge in [0, 0.05) is 26.2 Å². The van der Waals surface area contributed by atoms with E-state index in [9.17, 15) is 9.18 Å². The molecule has 0 atom stereocenters. The molecule has 0 aromatic carbocycles. The molecule has 3 nitrogen and oxygen atoms in total. The van der Waals surface area contributed by atoms with Crippen LogP contribution in [-0.2, 0) is 4.79 Å². The third-order valence-electron chi connectivity index (χ3n) is 3.74. The van der Waals surface area contributed by atoms with E-state index in [0.717, 1.165) is 13.1 Å². The van der Waals surface area contributed by atoms with Crippen molar-refractivity contribution in [3.63, 3.8) is 0 Å². The van der Waals surface area contributed by atoms with Gasteiger partial charge < -0.3 is 10.2 Å². The maximum Gasteiger partial charge on any atom is 0.228 e. The van der Waals surface area contributed by atoms with Crippen molar-refractivity contribution in [1.29, 1.82) is 0 Å². The molecule has 15 heavy (non-hydrogen) atoms. The van der Waals surface area contributed by atoms with Gasteiger partial charge in [0.2, 0.25) is 5.91 Å². The minimum atomic E-state index is -1.02. The van der Waals surface area contributed by atoms with Crippen LogP contribution in [0.1, 0.15) is 26.2 Å². The summed E-state index contributed by atoms with van der Waals surface area (Å²) in [6.07, 6.45) is 1.59. The Morgan fingerprint density at radius 2 is 2.07 bits per heavy atom. The van der Waals surface area contributed by atoms with E-state index in [0.29, 0.717) is 32.4 Å². The Labute approximate surface area is 90.0 Å². The first-order valence-corrected chi connectivity index (χ1v) is 5.83. The summed E-state index contributed by atoms with van der Waals surface area (Å²) in [5.41, 5.74) is -1.02. The van der Waals surface area contributed by atoms with Gasteiger partial charge in [-0.1, -0.05) is 6.92 Å². The maximum atomic E-state index is 13.9. The molecule has 4 heteroatoms. The van der Waals surface area contributed by atoms with E-state index in [-0.39, 0.29) is 11.8 Å². The third kappa shape index (κ3) is 2.14. The SMILES string of the molecule is CCC1(F)CCN(C(=O)C2CNC2)CC1. The number of likely N-dealkylation sites (tertiary alicyclic amines) is 1. The summed E-state index contributed by atoms with van der Waals surface area (Å²) in [4.78, 5) is 13.7. The lowest BCUT2D eigenvalue weighted by molar-refractivity contribution is -0.139.